The molecule has 0 aromatic heterocycles. The number of nitrogens with zero attached hydrogens (tertiary/aromatic N) is 1. The van der Waals surface area contributed by atoms with E-state index >= 15 is 0 Å². The van der Waals surface area contributed by atoms with Crippen LogP contribution in [0.15, 0.2) is 24.3 Å². The van der Waals surface area contributed by atoms with E-state index in [1.54, 1.807) is 0 Å². The number of hydrogen-bond donors (Lipinski definition) is 2. The molecule has 1 spiro atoms. The number of likely N-dealkylation sites (tertiary alicyclic amines) is 1. The number of anilines is 1. The third-order valence-electron chi connectivity index (χ3n) is 7.89. The van der Waals surface area contributed by atoms with Gasteiger partial charge in [-0.3, -0.25) is 9.59 Å². The van der Waals surface area contributed by atoms with Crippen molar-refractivity contribution in [2.45, 2.75) is 64.0 Å². The van der Waals surface area contributed by atoms with E-state index in [0.717, 1.165) is 62.9 Å². The summed E-state index contributed by atoms with van der Waals surface area (Å²) in [6.07, 6.45) is 8.60. The highest BCUT2D eigenvalue weighted by Gasteiger charge is 2.60. The van der Waals surface area contributed by atoms with Gasteiger partial charge in [0.1, 0.15) is 5.66 Å². The number of benzene rings is 1. The van der Waals surface area contributed by atoms with Gasteiger partial charge in [0.2, 0.25) is 5.91 Å². The molecular formula is C23H31N3O2. The molecule has 4 fully saturated rings. The summed E-state index contributed by atoms with van der Waals surface area (Å²) in [4.78, 5) is 28.4. The molecule has 5 aliphatic rings. The van der Waals surface area contributed by atoms with Gasteiger partial charge in [-0.15, -0.1) is 0 Å². The zero-order chi connectivity index (χ0) is 19.4. The Labute approximate surface area is 167 Å². The first-order chi connectivity index (χ1) is 13.5. The SMILES string of the molecule is C[C@@]12CC[C@@H](C[C@@H]1C(=O)N1CCCCCC1)[C@@]1(C2)NC(=O)c2ccccc2N1. The van der Waals surface area contributed by atoms with Gasteiger partial charge in [-0.2, -0.15) is 0 Å². The van der Waals surface area contributed by atoms with Crippen LogP contribution in [0.1, 0.15) is 68.6 Å². The van der Waals surface area contributed by atoms with E-state index in [4.69, 9.17) is 0 Å². The first-order valence-corrected chi connectivity index (χ1v) is 11.0. The van der Waals surface area contributed by atoms with Crippen LogP contribution >= 0.6 is 0 Å². The number of para-hydroxylation sites is 1. The van der Waals surface area contributed by atoms with Crippen LogP contribution in [-0.2, 0) is 4.79 Å². The number of carbonyl (C=O) groups excluding carboxylic acids is 2. The van der Waals surface area contributed by atoms with Crippen LogP contribution in [0.5, 0.6) is 0 Å². The van der Waals surface area contributed by atoms with Gasteiger partial charge in [0, 0.05) is 30.6 Å². The number of amides is 2. The van der Waals surface area contributed by atoms with Crippen LogP contribution < -0.4 is 10.6 Å². The molecule has 6 rings (SSSR count). The lowest BCUT2D eigenvalue weighted by molar-refractivity contribution is -0.150. The molecule has 1 saturated heterocycles. The molecule has 0 unspecified atom stereocenters. The summed E-state index contributed by atoms with van der Waals surface area (Å²) in [5.41, 5.74) is 1.17. The van der Waals surface area contributed by atoms with Gasteiger partial charge in [0.05, 0.1) is 5.56 Å². The second-order valence-corrected chi connectivity index (χ2v) is 9.69. The van der Waals surface area contributed by atoms with E-state index in [1.807, 2.05) is 24.3 Å². The van der Waals surface area contributed by atoms with Crippen LogP contribution in [0.2, 0.25) is 0 Å². The molecule has 2 amide bonds. The zero-order valence-corrected chi connectivity index (χ0v) is 16.8. The standard InChI is InChI=1S/C23H31N3O2/c1-22-11-10-16(14-18(22)21(28)26-12-6-2-3-7-13-26)23(15-22)24-19-9-5-4-8-17(19)20(27)25-23/h4-5,8-9,16,18,24H,2-3,6-7,10-15H2,1H3,(H,25,27)/t16-,18+,22-,23+/m0/s1. The molecule has 3 saturated carbocycles. The number of carbonyl (C=O) groups is 2. The van der Waals surface area contributed by atoms with Crippen LogP contribution in [0.3, 0.4) is 0 Å². The maximum Gasteiger partial charge on any atom is 0.255 e. The average molecular weight is 382 g/mol. The van der Waals surface area contributed by atoms with E-state index in [2.05, 4.69) is 22.5 Å². The summed E-state index contributed by atoms with van der Waals surface area (Å²) in [6.45, 7) is 4.12. The molecule has 1 aromatic rings. The third kappa shape index (κ3) is 2.73. The Morgan fingerprint density at radius 2 is 1.86 bits per heavy atom. The van der Waals surface area contributed by atoms with E-state index in [9.17, 15) is 9.59 Å². The first-order valence-electron chi connectivity index (χ1n) is 11.0. The first kappa shape index (κ1) is 18.0. The monoisotopic (exact) mass is 381 g/mol. The van der Waals surface area contributed by atoms with E-state index in [1.165, 1.54) is 12.8 Å². The maximum atomic E-state index is 13.5. The molecule has 2 bridgehead atoms. The minimum Gasteiger partial charge on any atom is -0.362 e. The fraction of sp³-hybridized carbons (Fsp3) is 0.652. The lowest BCUT2D eigenvalue weighted by Crippen LogP contribution is -2.70. The smallest absolute Gasteiger partial charge is 0.255 e. The van der Waals surface area contributed by atoms with Crippen LogP contribution in [0.25, 0.3) is 0 Å². The number of hydrogen-bond acceptors (Lipinski definition) is 3. The highest BCUT2D eigenvalue weighted by atomic mass is 16.2. The molecule has 150 valence electrons. The fourth-order valence-corrected chi connectivity index (χ4v) is 6.34. The Morgan fingerprint density at radius 3 is 2.61 bits per heavy atom. The van der Waals surface area contributed by atoms with Gasteiger partial charge in [-0.1, -0.05) is 31.9 Å². The predicted octanol–water partition coefficient (Wildman–Crippen LogP) is 3.77. The van der Waals surface area contributed by atoms with E-state index in [-0.39, 0.29) is 17.2 Å². The van der Waals surface area contributed by atoms with Crippen molar-refractivity contribution in [1.29, 1.82) is 0 Å². The summed E-state index contributed by atoms with van der Waals surface area (Å²) in [6, 6.07) is 7.76. The largest absolute Gasteiger partial charge is 0.362 e. The molecule has 1 aromatic carbocycles. The van der Waals surface area contributed by atoms with Gasteiger partial charge in [0.15, 0.2) is 0 Å². The number of fused-ring (bicyclic) bond motifs is 3. The molecular weight excluding hydrogens is 350 g/mol. The molecule has 3 aliphatic carbocycles. The van der Waals surface area contributed by atoms with Gasteiger partial charge in [-0.25, -0.2) is 0 Å². The number of nitrogens with one attached hydrogen (secondary N) is 2. The predicted molar refractivity (Wildman–Crippen MR) is 109 cm³/mol. The van der Waals surface area contributed by atoms with Crippen LogP contribution in [-0.4, -0.2) is 35.5 Å². The molecule has 28 heavy (non-hydrogen) atoms. The summed E-state index contributed by atoms with van der Waals surface area (Å²) in [7, 11) is 0. The average Bonchev–Trinajstić information content (AvgIpc) is 2.96. The Morgan fingerprint density at radius 1 is 1.11 bits per heavy atom. The minimum absolute atomic E-state index is 0.0147. The van der Waals surface area contributed by atoms with Crippen molar-refractivity contribution in [3.05, 3.63) is 29.8 Å². The van der Waals surface area contributed by atoms with Crippen molar-refractivity contribution in [3.63, 3.8) is 0 Å². The lowest BCUT2D eigenvalue weighted by atomic mass is 9.51. The maximum absolute atomic E-state index is 13.5. The molecule has 5 nitrogen and oxygen atoms in total. The highest BCUT2D eigenvalue weighted by molar-refractivity contribution is 6.02. The van der Waals surface area contributed by atoms with Crippen molar-refractivity contribution >= 4 is 17.5 Å². The highest BCUT2D eigenvalue weighted by Crippen LogP contribution is 2.58. The zero-order valence-electron chi connectivity index (χ0n) is 16.8. The summed E-state index contributed by atoms with van der Waals surface area (Å²) in [5.74, 6) is 0.769. The molecule has 2 aliphatic heterocycles. The van der Waals surface area contributed by atoms with E-state index < -0.39 is 5.66 Å². The normalized spacial score (nSPS) is 37.0. The number of rotatable bonds is 1. The molecule has 2 heterocycles. The van der Waals surface area contributed by atoms with Gasteiger partial charge in [0.25, 0.3) is 5.91 Å². The van der Waals surface area contributed by atoms with Gasteiger partial charge < -0.3 is 15.5 Å². The summed E-state index contributed by atoms with van der Waals surface area (Å²) in [5, 5.41) is 7.01. The molecule has 4 atom stereocenters. The topological polar surface area (TPSA) is 61.4 Å². The van der Waals surface area contributed by atoms with Gasteiger partial charge in [-0.05, 0) is 56.1 Å². The second-order valence-electron chi connectivity index (χ2n) is 9.69. The molecule has 2 N–H and O–H groups in total. The van der Waals surface area contributed by atoms with Crippen molar-refractivity contribution in [3.8, 4) is 0 Å². The molecule has 0 radical (unpaired) electrons. The quantitative estimate of drug-likeness (QED) is 0.778. The van der Waals surface area contributed by atoms with E-state index in [0.29, 0.717) is 11.8 Å². The van der Waals surface area contributed by atoms with Crippen molar-refractivity contribution in [2.75, 3.05) is 18.4 Å². The van der Waals surface area contributed by atoms with Gasteiger partial charge >= 0.3 is 0 Å². The lowest BCUT2D eigenvalue weighted by Gasteiger charge is -2.61. The summed E-state index contributed by atoms with van der Waals surface area (Å²) >= 11 is 0. The fourth-order valence-electron chi connectivity index (χ4n) is 6.34. The van der Waals surface area contributed by atoms with Crippen LogP contribution in [0, 0.1) is 17.3 Å². The Kier molecular flexibility index (Phi) is 4.18. The van der Waals surface area contributed by atoms with Crippen molar-refractivity contribution in [1.82, 2.24) is 10.2 Å². The van der Waals surface area contributed by atoms with Crippen LogP contribution in [0.4, 0.5) is 5.69 Å². The minimum atomic E-state index is -0.409. The Hall–Kier alpha value is -2.04. The summed E-state index contributed by atoms with van der Waals surface area (Å²) < 4.78 is 0. The third-order valence-corrected chi connectivity index (χ3v) is 7.89. The van der Waals surface area contributed by atoms with Crippen molar-refractivity contribution < 1.29 is 9.59 Å². The second kappa shape index (κ2) is 6.50. The van der Waals surface area contributed by atoms with Crippen molar-refractivity contribution in [2.24, 2.45) is 17.3 Å². The Balaban J connectivity index is 1.41. The Bertz CT molecular complexity index is 801. The molecule has 5 heteroatoms.